The van der Waals surface area contributed by atoms with Crippen LogP contribution in [0.1, 0.15) is 32.5 Å². The lowest BCUT2D eigenvalue weighted by atomic mass is 10.0. The first-order valence-corrected chi connectivity index (χ1v) is 9.57. The summed E-state index contributed by atoms with van der Waals surface area (Å²) >= 11 is 1.67. The van der Waals surface area contributed by atoms with Gasteiger partial charge in [0.05, 0.1) is 26.9 Å². The van der Waals surface area contributed by atoms with Crippen molar-refractivity contribution in [3.05, 3.63) is 33.7 Å². The number of nitrogens with one attached hydrogen (secondary N) is 2. The molecule has 2 aliphatic heterocycles. The third-order valence-electron chi connectivity index (χ3n) is 5.05. The van der Waals surface area contributed by atoms with Gasteiger partial charge in [0, 0.05) is 23.5 Å². The third kappa shape index (κ3) is 2.98. The maximum absolute atomic E-state index is 12.9. The number of likely N-dealkylation sites (N-methyl/N-ethyl adjacent to an activating group) is 1. The molecule has 2 aromatic rings. The molecule has 1 aromatic carbocycles. The number of nitrogens with zero attached hydrogens (tertiary/aromatic N) is 1. The lowest BCUT2D eigenvalue weighted by molar-refractivity contribution is 0.0934. The van der Waals surface area contributed by atoms with Gasteiger partial charge in [-0.2, -0.15) is 0 Å². The second-order valence-corrected chi connectivity index (χ2v) is 7.81. The Morgan fingerprint density at radius 3 is 2.44 bits per heavy atom. The van der Waals surface area contributed by atoms with Gasteiger partial charge in [0.2, 0.25) is 5.75 Å². The number of thiophene rings is 1. The van der Waals surface area contributed by atoms with Crippen LogP contribution in [-0.2, 0) is 13.0 Å². The van der Waals surface area contributed by atoms with Gasteiger partial charge in [0.1, 0.15) is 11.2 Å². The summed E-state index contributed by atoms with van der Waals surface area (Å²) in [5.74, 6) is 1.60. The van der Waals surface area contributed by atoms with Crippen LogP contribution in [-0.4, -0.2) is 45.7 Å². The number of benzene rings is 1. The Hall–Kier alpha value is -2.45. The SMILES string of the molecule is COc1cc([C@@H]2NC(=O)c3c(sc4c3CCN(C)C4)N2)cc(OC)c1OC. The maximum atomic E-state index is 12.9. The van der Waals surface area contributed by atoms with Crippen molar-refractivity contribution in [2.45, 2.75) is 19.1 Å². The molecule has 0 bridgehead atoms. The molecule has 2 aliphatic rings. The fourth-order valence-electron chi connectivity index (χ4n) is 3.68. The Morgan fingerprint density at radius 2 is 1.81 bits per heavy atom. The molecule has 3 heterocycles. The van der Waals surface area contributed by atoms with Crippen LogP contribution in [0.25, 0.3) is 0 Å². The fourth-order valence-corrected chi connectivity index (χ4v) is 5.03. The van der Waals surface area contributed by atoms with Gasteiger partial charge in [-0.15, -0.1) is 11.3 Å². The predicted molar refractivity (Wildman–Crippen MR) is 104 cm³/mol. The lowest BCUT2D eigenvalue weighted by Gasteiger charge is -2.28. The summed E-state index contributed by atoms with van der Waals surface area (Å²) in [7, 11) is 6.83. The molecule has 7 nitrogen and oxygen atoms in total. The highest BCUT2D eigenvalue weighted by atomic mass is 32.1. The molecule has 2 N–H and O–H groups in total. The summed E-state index contributed by atoms with van der Waals surface area (Å²) in [5.41, 5.74) is 2.82. The molecule has 1 aromatic heterocycles. The van der Waals surface area contributed by atoms with E-state index < -0.39 is 0 Å². The minimum absolute atomic E-state index is 0.0374. The molecule has 0 radical (unpaired) electrons. The van der Waals surface area contributed by atoms with Gasteiger partial charge in [0.15, 0.2) is 11.5 Å². The highest BCUT2D eigenvalue weighted by molar-refractivity contribution is 7.16. The average molecular weight is 389 g/mol. The van der Waals surface area contributed by atoms with E-state index in [2.05, 4.69) is 22.6 Å². The summed E-state index contributed by atoms with van der Waals surface area (Å²) in [6.45, 7) is 1.86. The van der Waals surface area contributed by atoms with Gasteiger partial charge in [-0.1, -0.05) is 0 Å². The van der Waals surface area contributed by atoms with Gasteiger partial charge in [-0.05, 0) is 31.2 Å². The summed E-state index contributed by atoms with van der Waals surface area (Å²) in [4.78, 5) is 16.4. The van der Waals surface area contributed by atoms with E-state index in [1.165, 1.54) is 10.4 Å². The van der Waals surface area contributed by atoms with Crippen molar-refractivity contribution in [2.24, 2.45) is 0 Å². The summed E-state index contributed by atoms with van der Waals surface area (Å²) in [6, 6.07) is 3.71. The van der Waals surface area contributed by atoms with Crippen molar-refractivity contribution in [1.82, 2.24) is 10.2 Å². The predicted octanol–water partition coefficient (Wildman–Crippen LogP) is 2.62. The van der Waals surface area contributed by atoms with E-state index >= 15 is 0 Å². The van der Waals surface area contributed by atoms with Gasteiger partial charge >= 0.3 is 0 Å². The van der Waals surface area contributed by atoms with Crippen LogP contribution in [0, 0.1) is 0 Å². The molecule has 4 rings (SSSR count). The minimum atomic E-state index is -0.364. The van der Waals surface area contributed by atoms with Crippen molar-refractivity contribution < 1.29 is 19.0 Å². The van der Waals surface area contributed by atoms with Crippen molar-refractivity contribution in [3.63, 3.8) is 0 Å². The first-order chi connectivity index (χ1) is 13.0. The lowest BCUT2D eigenvalue weighted by Crippen LogP contribution is -2.38. The van der Waals surface area contributed by atoms with Crippen LogP contribution >= 0.6 is 11.3 Å². The molecular weight excluding hydrogens is 366 g/mol. The molecule has 0 saturated carbocycles. The van der Waals surface area contributed by atoms with E-state index in [9.17, 15) is 4.79 Å². The highest BCUT2D eigenvalue weighted by Crippen LogP contribution is 2.43. The van der Waals surface area contributed by atoms with E-state index in [1.54, 1.807) is 32.7 Å². The number of amides is 1. The molecule has 8 heteroatoms. The van der Waals surface area contributed by atoms with E-state index in [0.29, 0.717) is 17.2 Å². The topological polar surface area (TPSA) is 72.1 Å². The van der Waals surface area contributed by atoms with E-state index in [-0.39, 0.29) is 12.1 Å². The monoisotopic (exact) mass is 389 g/mol. The quantitative estimate of drug-likeness (QED) is 0.838. The Kier molecular flexibility index (Phi) is 4.61. The Morgan fingerprint density at radius 1 is 1.11 bits per heavy atom. The number of ether oxygens (including phenoxy) is 3. The molecule has 144 valence electrons. The van der Waals surface area contributed by atoms with E-state index in [1.807, 2.05) is 12.1 Å². The number of methoxy groups -OCH3 is 3. The van der Waals surface area contributed by atoms with Crippen LogP contribution in [0.5, 0.6) is 17.2 Å². The molecule has 1 amide bonds. The molecular formula is C19H23N3O4S. The molecule has 0 fully saturated rings. The number of rotatable bonds is 4. The van der Waals surface area contributed by atoms with Crippen molar-refractivity contribution >= 4 is 22.2 Å². The van der Waals surface area contributed by atoms with Gasteiger partial charge in [-0.3, -0.25) is 4.79 Å². The third-order valence-corrected chi connectivity index (χ3v) is 6.19. The number of fused-ring (bicyclic) bond motifs is 3. The standard InChI is InChI=1S/C19H23N3O4S/c1-22-6-5-11-14(9-22)27-19-15(11)18(23)20-17(21-19)10-7-12(24-2)16(26-4)13(8-10)25-3/h7-8,17,21H,5-6,9H2,1-4H3,(H,20,23)/t17-/m1/s1. The number of carbonyl (C=O) groups is 1. The van der Waals surface area contributed by atoms with Crippen LogP contribution in [0.15, 0.2) is 12.1 Å². The van der Waals surface area contributed by atoms with Crippen LogP contribution in [0.4, 0.5) is 5.00 Å². The molecule has 0 spiro atoms. The van der Waals surface area contributed by atoms with Gasteiger partial charge in [-0.25, -0.2) is 0 Å². The Bertz CT molecular complexity index is 870. The fraction of sp³-hybridized carbons (Fsp3) is 0.421. The molecule has 27 heavy (non-hydrogen) atoms. The van der Waals surface area contributed by atoms with E-state index in [4.69, 9.17) is 14.2 Å². The maximum Gasteiger partial charge on any atom is 0.256 e. The number of anilines is 1. The van der Waals surface area contributed by atoms with Gasteiger partial charge in [0.25, 0.3) is 5.91 Å². The summed E-state index contributed by atoms with van der Waals surface area (Å²) in [5, 5.41) is 7.47. The second kappa shape index (κ2) is 6.94. The van der Waals surface area contributed by atoms with Crippen LogP contribution in [0.3, 0.4) is 0 Å². The zero-order valence-corrected chi connectivity index (χ0v) is 16.7. The van der Waals surface area contributed by atoms with Crippen molar-refractivity contribution in [2.75, 3.05) is 40.2 Å². The first kappa shape index (κ1) is 17.9. The normalized spacial score (nSPS) is 18.8. The van der Waals surface area contributed by atoms with Gasteiger partial charge < -0.3 is 29.7 Å². The Labute approximate surface area is 162 Å². The smallest absolute Gasteiger partial charge is 0.256 e. The van der Waals surface area contributed by atoms with Crippen molar-refractivity contribution in [3.8, 4) is 17.2 Å². The zero-order chi connectivity index (χ0) is 19.1. The number of hydrogen-bond acceptors (Lipinski definition) is 7. The summed E-state index contributed by atoms with van der Waals surface area (Å²) < 4.78 is 16.3. The minimum Gasteiger partial charge on any atom is -0.493 e. The number of carbonyl (C=O) groups excluding carboxylic acids is 1. The molecule has 0 aliphatic carbocycles. The van der Waals surface area contributed by atoms with Crippen LogP contribution < -0.4 is 24.8 Å². The largest absolute Gasteiger partial charge is 0.493 e. The first-order valence-electron chi connectivity index (χ1n) is 8.76. The van der Waals surface area contributed by atoms with Crippen LogP contribution in [0.2, 0.25) is 0 Å². The van der Waals surface area contributed by atoms with E-state index in [0.717, 1.165) is 35.6 Å². The summed E-state index contributed by atoms with van der Waals surface area (Å²) in [6.07, 6.45) is 0.540. The molecule has 0 saturated heterocycles. The highest BCUT2D eigenvalue weighted by Gasteiger charge is 2.33. The average Bonchev–Trinajstić information content (AvgIpc) is 3.04. The zero-order valence-electron chi connectivity index (χ0n) is 15.8. The molecule has 0 unspecified atom stereocenters. The molecule has 1 atom stereocenters. The number of hydrogen-bond donors (Lipinski definition) is 2. The second-order valence-electron chi connectivity index (χ2n) is 6.71. The van der Waals surface area contributed by atoms with Crippen molar-refractivity contribution in [1.29, 1.82) is 0 Å². The Balaban J connectivity index is 1.71.